The third kappa shape index (κ3) is 24.8. The Hall–Kier alpha value is -1.13. The van der Waals surface area contributed by atoms with Crippen molar-refractivity contribution in [3.05, 3.63) is 24.3 Å². The van der Waals surface area contributed by atoms with Gasteiger partial charge in [-0.2, -0.15) is 0 Å². The molecule has 4 nitrogen and oxygen atoms in total. The zero-order valence-electron chi connectivity index (χ0n) is 19.2. The average Bonchev–Trinajstić information content (AvgIpc) is 2.72. The highest BCUT2D eigenvalue weighted by Gasteiger charge is 2.02. The Labute approximate surface area is 180 Å². The van der Waals surface area contributed by atoms with Gasteiger partial charge in [0.15, 0.2) is 0 Å². The summed E-state index contributed by atoms with van der Waals surface area (Å²) in [5.74, 6) is -0.110. The van der Waals surface area contributed by atoms with Crippen LogP contribution in [0.3, 0.4) is 0 Å². The van der Waals surface area contributed by atoms with Gasteiger partial charge in [0.1, 0.15) is 6.61 Å². The fourth-order valence-corrected chi connectivity index (χ4v) is 2.83. The summed E-state index contributed by atoms with van der Waals surface area (Å²) in [6.45, 7) is 7.04. The predicted molar refractivity (Wildman–Crippen MR) is 122 cm³/mol. The molecule has 0 heterocycles. The lowest BCUT2D eigenvalue weighted by Crippen LogP contribution is -2.12. The zero-order valence-corrected chi connectivity index (χ0v) is 19.2. The minimum Gasteiger partial charge on any atom is -0.463 e. The minimum atomic E-state index is -0.110. The van der Waals surface area contributed by atoms with Crippen LogP contribution in [0.5, 0.6) is 0 Å². The number of hydrogen-bond donors (Lipinski definition) is 0. The van der Waals surface area contributed by atoms with Crippen molar-refractivity contribution in [2.45, 2.75) is 97.3 Å². The Morgan fingerprint density at radius 2 is 1.21 bits per heavy atom. The van der Waals surface area contributed by atoms with E-state index in [1.54, 1.807) is 0 Å². The molecule has 0 N–H and O–H groups in total. The molecule has 0 atom stereocenters. The van der Waals surface area contributed by atoms with E-state index in [4.69, 9.17) is 14.2 Å². The van der Waals surface area contributed by atoms with E-state index in [1.165, 1.54) is 44.9 Å². The molecule has 0 aliphatic rings. The molecule has 0 fully saturated rings. The highest BCUT2D eigenvalue weighted by molar-refractivity contribution is 5.69. The summed E-state index contributed by atoms with van der Waals surface area (Å²) in [5.41, 5.74) is 0. The highest BCUT2D eigenvalue weighted by atomic mass is 16.6. The molecule has 0 amide bonds. The molecule has 170 valence electrons. The molecule has 0 aliphatic carbocycles. The van der Waals surface area contributed by atoms with Crippen LogP contribution < -0.4 is 0 Å². The SMILES string of the molecule is CCCCC/C=C\C/C=C\CCCCCCCC(=O)OCCOCCOCCC. The molecule has 0 aromatic carbocycles. The number of rotatable bonds is 22. The van der Waals surface area contributed by atoms with Gasteiger partial charge >= 0.3 is 5.97 Å². The van der Waals surface area contributed by atoms with Gasteiger partial charge in [0.25, 0.3) is 0 Å². The Morgan fingerprint density at radius 1 is 0.621 bits per heavy atom. The molecule has 0 spiro atoms. The first-order valence-corrected chi connectivity index (χ1v) is 11.9. The molecule has 0 saturated carbocycles. The lowest BCUT2D eigenvalue weighted by atomic mass is 10.1. The van der Waals surface area contributed by atoms with Gasteiger partial charge in [-0.15, -0.1) is 0 Å². The van der Waals surface area contributed by atoms with Crippen LogP contribution in [0.25, 0.3) is 0 Å². The van der Waals surface area contributed by atoms with Gasteiger partial charge in [0.05, 0.1) is 19.8 Å². The van der Waals surface area contributed by atoms with Gasteiger partial charge < -0.3 is 14.2 Å². The maximum atomic E-state index is 11.6. The number of allylic oxidation sites excluding steroid dienone is 4. The van der Waals surface area contributed by atoms with E-state index in [9.17, 15) is 4.79 Å². The monoisotopic (exact) mass is 410 g/mol. The summed E-state index contributed by atoms with van der Waals surface area (Å²) >= 11 is 0. The van der Waals surface area contributed by atoms with Crippen molar-refractivity contribution in [2.24, 2.45) is 0 Å². The minimum absolute atomic E-state index is 0.110. The third-order valence-electron chi connectivity index (χ3n) is 4.54. The van der Waals surface area contributed by atoms with Crippen molar-refractivity contribution in [1.82, 2.24) is 0 Å². The fourth-order valence-electron chi connectivity index (χ4n) is 2.83. The number of carbonyl (C=O) groups is 1. The molecule has 29 heavy (non-hydrogen) atoms. The molecule has 0 aliphatic heterocycles. The van der Waals surface area contributed by atoms with Crippen LogP contribution in [0.1, 0.15) is 97.3 Å². The number of unbranched alkanes of at least 4 members (excludes halogenated alkanes) is 8. The summed E-state index contributed by atoms with van der Waals surface area (Å²) in [5, 5.41) is 0. The van der Waals surface area contributed by atoms with Crippen LogP contribution in [0.15, 0.2) is 24.3 Å². The van der Waals surface area contributed by atoms with Crippen molar-refractivity contribution < 1.29 is 19.0 Å². The number of hydrogen-bond acceptors (Lipinski definition) is 4. The molecular weight excluding hydrogens is 364 g/mol. The Balaban J connectivity index is 3.25. The van der Waals surface area contributed by atoms with Gasteiger partial charge in [-0.05, 0) is 44.9 Å². The maximum Gasteiger partial charge on any atom is 0.305 e. The molecular formula is C25H46O4. The first-order valence-electron chi connectivity index (χ1n) is 11.9. The molecule has 0 unspecified atom stereocenters. The van der Waals surface area contributed by atoms with E-state index in [0.29, 0.717) is 32.8 Å². The van der Waals surface area contributed by atoms with Crippen molar-refractivity contribution >= 4 is 5.97 Å². The van der Waals surface area contributed by atoms with E-state index in [1.807, 2.05) is 0 Å². The highest BCUT2D eigenvalue weighted by Crippen LogP contribution is 2.08. The molecule has 0 radical (unpaired) electrons. The first-order chi connectivity index (χ1) is 14.3. The van der Waals surface area contributed by atoms with Crippen LogP contribution in [0, 0.1) is 0 Å². The molecule has 0 aromatic heterocycles. The van der Waals surface area contributed by atoms with Crippen molar-refractivity contribution in [1.29, 1.82) is 0 Å². The van der Waals surface area contributed by atoms with Crippen molar-refractivity contribution in [2.75, 3.05) is 33.0 Å². The predicted octanol–water partition coefficient (Wildman–Crippen LogP) is 6.79. The van der Waals surface area contributed by atoms with Gasteiger partial charge in [-0.1, -0.05) is 70.3 Å². The average molecular weight is 411 g/mol. The number of carbonyl (C=O) groups excluding carboxylic acids is 1. The Kier molecular flexibility index (Phi) is 23.9. The standard InChI is InChI=1S/C25H46O4/c1-3-5-6-7-8-9-10-11-12-13-14-15-16-17-18-19-25(26)29-24-23-28-22-21-27-20-4-2/h8-9,11-12H,3-7,10,13-24H2,1-2H3/b9-8-,12-11-. The topological polar surface area (TPSA) is 44.8 Å². The molecule has 0 rings (SSSR count). The summed E-state index contributed by atoms with van der Waals surface area (Å²) in [6, 6.07) is 0. The van der Waals surface area contributed by atoms with Crippen LogP contribution >= 0.6 is 0 Å². The second-order valence-corrected chi connectivity index (χ2v) is 7.43. The third-order valence-corrected chi connectivity index (χ3v) is 4.54. The van der Waals surface area contributed by atoms with Gasteiger partial charge in [-0.25, -0.2) is 0 Å². The fraction of sp³-hybridized carbons (Fsp3) is 0.800. The normalized spacial score (nSPS) is 11.7. The smallest absolute Gasteiger partial charge is 0.305 e. The van der Waals surface area contributed by atoms with Crippen molar-refractivity contribution in [3.63, 3.8) is 0 Å². The van der Waals surface area contributed by atoms with E-state index in [2.05, 4.69) is 38.2 Å². The van der Waals surface area contributed by atoms with E-state index >= 15 is 0 Å². The second kappa shape index (κ2) is 24.9. The van der Waals surface area contributed by atoms with Crippen LogP contribution in [0.4, 0.5) is 0 Å². The van der Waals surface area contributed by atoms with Crippen molar-refractivity contribution in [3.8, 4) is 0 Å². The first kappa shape index (κ1) is 27.9. The molecule has 4 heteroatoms. The van der Waals surface area contributed by atoms with Gasteiger partial charge in [0.2, 0.25) is 0 Å². The van der Waals surface area contributed by atoms with E-state index in [-0.39, 0.29) is 5.97 Å². The second-order valence-electron chi connectivity index (χ2n) is 7.43. The quantitative estimate of drug-likeness (QED) is 0.112. The Bertz CT molecular complexity index is 390. The maximum absolute atomic E-state index is 11.6. The zero-order chi connectivity index (χ0) is 21.3. The van der Waals surface area contributed by atoms with Gasteiger partial charge in [0, 0.05) is 13.0 Å². The number of ether oxygens (including phenoxy) is 3. The summed E-state index contributed by atoms with van der Waals surface area (Å²) in [6.07, 6.45) is 23.8. The number of esters is 1. The van der Waals surface area contributed by atoms with E-state index < -0.39 is 0 Å². The van der Waals surface area contributed by atoms with Crippen LogP contribution in [-0.2, 0) is 19.0 Å². The van der Waals surface area contributed by atoms with Gasteiger partial charge in [-0.3, -0.25) is 4.79 Å². The van der Waals surface area contributed by atoms with Crippen LogP contribution in [-0.4, -0.2) is 39.0 Å². The van der Waals surface area contributed by atoms with Crippen LogP contribution in [0.2, 0.25) is 0 Å². The largest absolute Gasteiger partial charge is 0.463 e. The Morgan fingerprint density at radius 3 is 1.90 bits per heavy atom. The summed E-state index contributed by atoms with van der Waals surface area (Å²) in [7, 11) is 0. The molecule has 0 saturated heterocycles. The lowest BCUT2D eigenvalue weighted by Gasteiger charge is -2.06. The lowest BCUT2D eigenvalue weighted by molar-refractivity contribution is -0.145. The molecule has 0 aromatic rings. The summed E-state index contributed by atoms with van der Waals surface area (Å²) < 4.78 is 15.8. The summed E-state index contributed by atoms with van der Waals surface area (Å²) in [4.78, 5) is 11.6. The molecule has 0 bridgehead atoms. The van der Waals surface area contributed by atoms with E-state index in [0.717, 1.165) is 38.7 Å².